The molecule has 0 bridgehead atoms. The van der Waals surface area contributed by atoms with E-state index in [4.69, 9.17) is 23.8 Å². The van der Waals surface area contributed by atoms with Crippen LogP contribution < -0.4 is 0 Å². The number of hydrogen-bond acceptors (Lipinski definition) is 5. The Bertz CT molecular complexity index is 1250. The highest BCUT2D eigenvalue weighted by atomic mass is 35.5. The Kier molecular flexibility index (Phi) is 6.27. The molecule has 0 spiro atoms. The summed E-state index contributed by atoms with van der Waals surface area (Å²) in [6.45, 7) is 2.10. The molecule has 0 atom stereocenters. The molecule has 0 saturated carbocycles. The van der Waals surface area contributed by atoms with E-state index in [-0.39, 0.29) is 4.90 Å². The average molecular weight is 482 g/mol. The van der Waals surface area contributed by atoms with Crippen molar-refractivity contribution in [2.75, 3.05) is 26.2 Å². The number of piperazine rings is 1. The largest absolute Gasteiger partial charge is 0.303 e. The molecule has 7 nitrogen and oxygen atoms in total. The normalized spacial score (nSPS) is 16.0. The van der Waals surface area contributed by atoms with Gasteiger partial charge in [-0.1, -0.05) is 17.7 Å². The van der Waals surface area contributed by atoms with Crippen molar-refractivity contribution in [1.29, 1.82) is 0 Å². The van der Waals surface area contributed by atoms with Gasteiger partial charge >= 0.3 is 0 Å². The van der Waals surface area contributed by atoms with Crippen molar-refractivity contribution in [1.82, 2.24) is 23.6 Å². The van der Waals surface area contributed by atoms with Crippen LogP contribution in [0.25, 0.3) is 11.4 Å². The zero-order valence-corrected chi connectivity index (χ0v) is 19.2. The Labute approximate surface area is 190 Å². The molecule has 0 N–H and O–H groups in total. The van der Waals surface area contributed by atoms with Gasteiger partial charge in [-0.2, -0.15) is 9.40 Å². The Balaban J connectivity index is 1.45. The Morgan fingerprint density at radius 1 is 1.10 bits per heavy atom. The maximum atomic E-state index is 13.5. The Morgan fingerprint density at radius 3 is 2.42 bits per heavy atom. The van der Waals surface area contributed by atoms with Crippen molar-refractivity contribution in [2.24, 2.45) is 7.05 Å². The molecule has 11 heteroatoms. The molecular weight excluding hydrogens is 461 g/mol. The molecule has 31 heavy (non-hydrogen) atoms. The number of rotatable bonds is 5. The molecule has 164 valence electrons. The molecule has 1 aliphatic rings. The van der Waals surface area contributed by atoms with Gasteiger partial charge in [0.05, 0.1) is 11.6 Å². The van der Waals surface area contributed by atoms with E-state index in [0.717, 1.165) is 17.5 Å². The number of nitrogens with zero attached hydrogens (tertiary/aromatic N) is 5. The minimum atomic E-state index is -3.72. The highest BCUT2D eigenvalue weighted by Gasteiger charge is 2.29. The lowest BCUT2D eigenvalue weighted by Gasteiger charge is -2.33. The van der Waals surface area contributed by atoms with Crippen molar-refractivity contribution in [3.05, 3.63) is 64.1 Å². The van der Waals surface area contributed by atoms with E-state index in [1.165, 1.54) is 22.5 Å². The number of sulfonamides is 1. The van der Waals surface area contributed by atoms with E-state index >= 15 is 0 Å². The van der Waals surface area contributed by atoms with Crippen LogP contribution in [0.3, 0.4) is 0 Å². The summed E-state index contributed by atoms with van der Waals surface area (Å²) in [5.41, 5.74) is 0.905. The van der Waals surface area contributed by atoms with Gasteiger partial charge in [0, 0.05) is 43.8 Å². The van der Waals surface area contributed by atoms with E-state index in [9.17, 15) is 12.8 Å². The van der Waals surface area contributed by atoms with Gasteiger partial charge < -0.3 is 4.57 Å². The quantitative estimate of drug-likeness (QED) is 0.523. The lowest BCUT2D eigenvalue weighted by molar-refractivity contribution is 0.144. The van der Waals surface area contributed by atoms with Crippen molar-refractivity contribution in [3.8, 4) is 11.4 Å². The lowest BCUT2D eigenvalue weighted by Crippen LogP contribution is -2.48. The van der Waals surface area contributed by atoms with Gasteiger partial charge in [0.15, 0.2) is 10.6 Å². The van der Waals surface area contributed by atoms with Crippen LogP contribution in [-0.2, 0) is 23.7 Å². The zero-order valence-electron chi connectivity index (χ0n) is 16.8. The Hall–Kier alpha value is -2.11. The summed E-state index contributed by atoms with van der Waals surface area (Å²) in [4.78, 5) is 2.06. The molecule has 0 radical (unpaired) electrons. The van der Waals surface area contributed by atoms with Gasteiger partial charge in [0.25, 0.3) is 0 Å². The number of halogens is 2. The molecule has 1 aromatic heterocycles. The molecule has 1 fully saturated rings. The molecular formula is C20H21ClFN5O2S2. The summed E-state index contributed by atoms with van der Waals surface area (Å²) in [5, 5.41) is 5.29. The topological polar surface area (TPSA) is 63.4 Å². The predicted octanol–water partition coefficient (Wildman–Crippen LogP) is 3.37. The summed E-state index contributed by atoms with van der Waals surface area (Å²) in [6, 6.07) is 12.5. The maximum absolute atomic E-state index is 13.5. The monoisotopic (exact) mass is 481 g/mol. The van der Waals surface area contributed by atoms with Gasteiger partial charge in [0.1, 0.15) is 5.82 Å². The first kappa shape index (κ1) is 22.1. The van der Waals surface area contributed by atoms with Crippen LogP contribution in [0.2, 0.25) is 5.02 Å². The van der Waals surface area contributed by atoms with Crippen molar-refractivity contribution < 1.29 is 12.8 Å². The molecule has 1 saturated heterocycles. The van der Waals surface area contributed by atoms with Gasteiger partial charge in [-0.3, -0.25) is 4.90 Å². The van der Waals surface area contributed by atoms with Gasteiger partial charge in [-0.15, -0.1) is 0 Å². The number of aromatic nitrogens is 3. The third-order valence-corrected chi connectivity index (χ3v) is 7.87. The number of hydrogen-bond donors (Lipinski definition) is 0. The van der Waals surface area contributed by atoms with Crippen molar-refractivity contribution in [2.45, 2.75) is 11.6 Å². The molecule has 2 aromatic carbocycles. The minimum Gasteiger partial charge on any atom is -0.303 e. The summed E-state index contributed by atoms with van der Waals surface area (Å²) in [5.74, 6) is 0.162. The maximum Gasteiger partial charge on any atom is 0.243 e. The first-order chi connectivity index (χ1) is 14.8. The molecule has 0 unspecified atom stereocenters. The zero-order chi connectivity index (χ0) is 22.2. The molecule has 3 aromatic rings. The second-order valence-electron chi connectivity index (χ2n) is 7.29. The van der Waals surface area contributed by atoms with Crippen LogP contribution in [0, 0.1) is 10.6 Å². The highest BCUT2D eigenvalue weighted by Crippen LogP contribution is 2.21. The Morgan fingerprint density at radius 2 is 1.77 bits per heavy atom. The fourth-order valence-corrected chi connectivity index (χ4v) is 5.27. The second kappa shape index (κ2) is 8.79. The van der Waals surface area contributed by atoms with E-state index in [0.29, 0.717) is 42.6 Å². The van der Waals surface area contributed by atoms with Crippen LogP contribution in [-0.4, -0.2) is 58.1 Å². The fraction of sp³-hybridized carbons (Fsp3) is 0.300. The van der Waals surface area contributed by atoms with Crippen LogP contribution in [0.15, 0.2) is 53.4 Å². The second-order valence-corrected chi connectivity index (χ2v) is 10.0. The van der Waals surface area contributed by atoms with E-state index < -0.39 is 15.8 Å². The molecule has 0 aliphatic carbocycles. The van der Waals surface area contributed by atoms with Gasteiger partial charge in [0.2, 0.25) is 10.0 Å². The molecule has 1 aliphatic heterocycles. The third-order valence-electron chi connectivity index (χ3n) is 5.24. The summed E-state index contributed by atoms with van der Waals surface area (Å²) < 4.78 is 44.5. The standard InChI is InChI=1S/C20H21ClFN5O2S2/c1-24-19(15-5-7-16(21)8-6-15)23-27(20(24)30)14-25-9-11-26(12-10-25)31(28,29)18-4-2-3-17(22)13-18/h2-8,13H,9-12,14H2,1H3. The van der Waals surface area contributed by atoms with Gasteiger partial charge in [-0.25, -0.2) is 17.5 Å². The minimum absolute atomic E-state index is 0.0273. The predicted molar refractivity (Wildman–Crippen MR) is 119 cm³/mol. The van der Waals surface area contributed by atoms with Crippen LogP contribution in [0.4, 0.5) is 4.39 Å². The van der Waals surface area contributed by atoms with Crippen LogP contribution >= 0.6 is 23.8 Å². The van der Waals surface area contributed by atoms with Crippen molar-refractivity contribution in [3.63, 3.8) is 0 Å². The number of benzene rings is 2. The first-order valence-electron chi connectivity index (χ1n) is 9.63. The van der Waals surface area contributed by atoms with Crippen LogP contribution in [0.5, 0.6) is 0 Å². The first-order valence-corrected chi connectivity index (χ1v) is 11.9. The smallest absolute Gasteiger partial charge is 0.243 e. The summed E-state index contributed by atoms with van der Waals surface area (Å²) in [6.07, 6.45) is 0. The molecule has 2 heterocycles. The molecule has 0 amide bonds. The van der Waals surface area contributed by atoms with Crippen molar-refractivity contribution >= 4 is 33.8 Å². The third kappa shape index (κ3) is 4.58. The van der Waals surface area contributed by atoms with Crippen LogP contribution in [0.1, 0.15) is 0 Å². The fourth-order valence-electron chi connectivity index (χ4n) is 3.51. The summed E-state index contributed by atoms with van der Waals surface area (Å²) in [7, 11) is -1.86. The lowest BCUT2D eigenvalue weighted by atomic mass is 10.2. The van der Waals surface area contributed by atoms with E-state index in [2.05, 4.69) is 10.00 Å². The highest BCUT2D eigenvalue weighted by molar-refractivity contribution is 7.89. The van der Waals surface area contributed by atoms with Gasteiger partial charge in [-0.05, 0) is 54.7 Å². The molecule has 4 rings (SSSR count). The average Bonchev–Trinajstić information content (AvgIpc) is 3.03. The summed E-state index contributed by atoms with van der Waals surface area (Å²) >= 11 is 11.5. The van der Waals surface area contributed by atoms with E-state index in [1.54, 1.807) is 16.8 Å². The SMILES string of the molecule is Cn1c(-c2ccc(Cl)cc2)nn(CN2CCN(S(=O)(=O)c3cccc(F)c3)CC2)c1=S. The van der Waals surface area contributed by atoms with E-state index in [1.807, 2.05) is 23.7 Å².